The maximum atomic E-state index is 15.4. The molecule has 15 heteroatoms. The number of fused-ring (bicyclic) bond motifs is 1. The van der Waals surface area contributed by atoms with Gasteiger partial charge in [-0.25, -0.2) is 19.5 Å². The molecule has 2 fully saturated rings. The first-order valence-corrected chi connectivity index (χ1v) is 14.0. The molecule has 1 spiro atoms. The molecule has 0 unspecified atom stereocenters. The van der Waals surface area contributed by atoms with Crippen LogP contribution in [0.4, 0.5) is 29.1 Å². The van der Waals surface area contributed by atoms with Gasteiger partial charge in [-0.1, -0.05) is 0 Å². The molecule has 2 saturated heterocycles. The lowest BCUT2D eigenvalue weighted by Crippen LogP contribution is -2.66. The molecule has 44 heavy (non-hydrogen) atoms. The van der Waals surface area contributed by atoms with Crippen LogP contribution in [0.5, 0.6) is 5.75 Å². The minimum atomic E-state index is -4.85. The number of methoxy groups -OCH3 is 1. The average Bonchev–Trinajstić information content (AvgIpc) is 2.92. The second-order valence-corrected chi connectivity index (χ2v) is 11.3. The number of ether oxygens (including phenoxy) is 2. The van der Waals surface area contributed by atoms with Gasteiger partial charge >= 0.3 is 6.18 Å². The van der Waals surface area contributed by atoms with Gasteiger partial charge in [0.1, 0.15) is 11.4 Å². The van der Waals surface area contributed by atoms with E-state index in [1.807, 2.05) is 4.90 Å². The molecular weight excluding hydrogens is 586 g/mol. The highest BCUT2D eigenvalue weighted by molar-refractivity contribution is 5.86. The number of aromatic nitrogens is 5. The summed E-state index contributed by atoms with van der Waals surface area (Å²) in [4.78, 5) is 35.9. The molecule has 2 N–H and O–H groups in total. The van der Waals surface area contributed by atoms with Crippen LogP contribution in [0.25, 0.3) is 22.2 Å². The van der Waals surface area contributed by atoms with Crippen molar-refractivity contribution in [3.8, 4) is 17.1 Å². The Kier molecular flexibility index (Phi) is 7.51. The van der Waals surface area contributed by atoms with Gasteiger partial charge in [0.25, 0.3) is 11.1 Å². The van der Waals surface area contributed by atoms with Crippen molar-refractivity contribution in [1.82, 2.24) is 24.7 Å². The first-order chi connectivity index (χ1) is 21.0. The van der Waals surface area contributed by atoms with Gasteiger partial charge in [-0.15, -0.1) is 0 Å². The number of hydrogen-bond acceptors (Lipinski definition) is 9. The Morgan fingerprint density at radius 3 is 2.66 bits per heavy atom. The van der Waals surface area contributed by atoms with Crippen molar-refractivity contribution < 1.29 is 27.0 Å². The van der Waals surface area contributed by atoms with Gasteiger partial charge in [0.05, 0.1) is 54.8 Å². The summed E-state index contributed by atoms with van der Waals surface area (Å²) >= 11 is 0. The summed E-state index contributed by atoms with van der Waals surface area (Å²) in [7, 11) is 1.52. The van der Waals surface area contributed by atoms with Gasteiger partial charge in [-0.3, -0.25) is 9.59 Å². The first kappa shape index (κ1) is 29.5. The van der Waals surface area contributed by atoms with Gasteiger partial charge in [0.2, 0.25) is 0 Å². The molecule has 0 bridgehead atoms. The molecule has 0 amide bonds. The molecule has 5 heterocycles. The molecule has 1 aromatic carbocycles. The van der Waals surface area contributed by atoms with Crippen molar-refractivity contribution in [2.24, 2.45) is 5.41 Å². The highest BCUT2D eigenvalue weighted by atomic mass is 19.4. The third kappa shape index (κ3) is 5.47. The monoisotopic (exact) mass is 615 g/mol. The van der Waals surface area contributed by atoms with E-state index in [9.17, 15) is 22.8 Å². The fraction of sp³-hybridized carbons (Fsp3) is 0.414. The lowest BCUT2D eigenvalue weighted by molar-refractivity contribution is -0.138. The van der Waals surface area contributed by atoms with Gasteiger partial charge in [0, 0.05) is 31.9 Å². The van der Waals surface area contributed by atoms with Crippen LogP contribution in [-0.2, 0) is 17.5 Å². The molecule has 11 nitrogen and oxygen atoms in total. The van der Waals surface area contributed by atoms with Gasteiger partial charge in [-0.2, -0.15) is 18.3 Å². The van der Waals surface area contributed by atoms with Crippen molar-refractivity contribution in [3.63, 3.8) is 0 Å². The Hall–Kier alpha value is -4.53. The Labute approximate surface area is 247 Å². The lowest BCUT2D eigenvalue weighted by Gasteiger charge is -2.55. The zero-order valence-electron chi connectivity index (χ0n) is 23.9. The topological polar surface area (TPSA) is 127 Å². The molecule has 0 aliphatic carbocycles. The summed E-state index contributed by atoms with van der Waals surface area (Å²) in [6.07, 6.45) is -0.0348. The number of rotatable bonds is 9. The Balaban J connectivity index is 1.16. The molecule has 0 radical (unpaired) electrons. The third-order valence-corrected chi connectivity index (χ3v) is 8.01. The molecule has 4 aromatic rings. The van der Waals surface area contributed by atoms with Gasteiger partial charge in [-0.05, 0) is 43.4 Å². The fourth-order valence-corrected chi connectivity index (χ4v) is 5.70. The van der Waals surface area contributed by atoms with Crippen molar-refractivity contribution in [2.75, 3.05) is 43.6 Å². The van der Waals surface area contributed by atoms with E-state index in [2.05, 4.69) is 20.4 Å². The second kappa shape index (κ2) is 11.2. The van der Waals surface area contributed by atoms with Crippen LogP contribution in [0.3, 0.4) is 0 Å². The number of pyridine rings is 1. The molecule has 3 aromatic heterocycles. The minimum absolute atomic E-state index is 0.134. The van der Waals surface area contributed by atoms with Crippen molar-refractivity contribution in [1.29, 1.82) is 0 Å². The Bertz CT molecular complexity index is 1830. The molecule has 0 saturated carbocycles. The van der Waals surface area contributed by atoms with E-state index < -0.39 is 40.4 Å². The standard InChI is InChI=1S/C29H29F4N7O4/c1-16(36-21-10-35-38-26(41)23(21)29(31,32)33)4-3-6-39-7-5-17-8-19(20(30)9-18(17)27(39)42)24-34-11-22(43-2)25(37-24)40-12-28(13-40)14-44-15-28/h5,7-11,16H,3-4,6,12-15H2,1-2H3,(H2,36,38,41)/t16-/m0/s1. The smallest absolute Gasteiger partial charge is 0.423 e. The SMILES string of the molecule is COc1cnc(-c2cc3ccn(CCC[C@H](C)Nc4cn[nH]c(=O)c4C(F)(F)F)c(=O)c3cc2F)nc1N1CC2(COC2)C1. The van der Waals surface area contributed by atoms with E-state index in [1.54, 1.807) is 30.4 Å². The van der Waals surface area contributed by atoms with E-state index in [-0.39, 0.29) is 28.7 Å². The van der Waals surface area contributed by atoms with Crippen LogP contribution in [-0.4, -0.2) is 64.2 Å². The third-order valence-electron chi connectivity index (χ3n) is 8.01. The van der Waals surface area contributed by atoms with Crippen LogP contribution < -0.4 is 26.1 Å². The number of hydrogen-bond donors (Lipinski definition) is 2. The van der Waals surface area contributed by atoms with Gasteiger partial charge < -0.3 is 24.3 Å². The summed E-state index contributed by atoms with van der Waals surface area (Å²) in [5.41, 5.74) is -3.22. The Morgan fingerprint density at radius 2 is 1.98 bits per heavy atom. The fourth-order valence-electron chi connectivity index (χ4n) is 5.70. The van der Waals surface area contributed by atoms with Crippen LogP contribution in [0.1, 0.15) is 25.3 Å². The molecule has 232 valence electrons. The minimum Gasteiger partial charge on any atom is -0.491 e. The zero-order chi connectivity index (χ0) is 31.2. The van der Waals surface area contributed by atoms with E-state index in [0.717, 1.165) is 19.3 Å². The number of benzene rings is 1. The number of nitrogens with one attached hydrogen (secondary N) is 2. The van der Waals surface area contributed by atoms with E-state index >= 15 is 4.39 Å². The number of aryl methyl sites for hydroxylation is 1. The van der Waals surface area contributed by atoms with Crippen LogP contribution >= 0.6 is 0 Å². The molecule has 1 atom stereocenters. The maximum absolute atomic E-state index is 15.4. The first-order valence-electron chi connectivity index (χ1n) is 14.0. The molecular formula is C29H29F4N7O4. The predicted octanol–water partition coefficient (Wildman–Crippen LogP) is 3.83. The second-order valence-electron chi connectivity index (χ2n) is 11.3. The Morgan fingerprint density at radius 1 is 1.20 bits per heavy atom. The van der Waals surface area contributed by atoms with Crippen molar-refractivity contribution >= 4 is 22.3 Å². The average molecular weight is 616 g/mol. The summed E-state index contributed by atoms with van der Waals surface area (Å²) in [5.74, 6) is 0.563. The van der Waals surface area contributed by atoms with Crippen LogP contribution in [0.2, 0.25) is 0 Å². The molecule has 2 aliphatic rings. The zero-order valence-corrected chi connectivity index (χ0v) is 23.9. The number of H-pyrrole nitrogens is 1. The lowest BCUT2D eigenvalue weighted by atomic mass is 9.78. The van der Waals surface area contributed by atoms with E-state index in [1.165, 1.54) is 23.9 Å². The quantitative estimate of drug-likeness (QED) is 0.270. The van der Waals surface area contributed by atoms with E-state index in [4.69, 9.17) is 9.47 Å². The molecule has 2 aliphatic heterocycles. The number of nitrogens with zero attached hydrogens (tertiary/aromatic N) is 5. The highest BCUT2D eigenvalue weighted by Crippen LogP contribution is 2.42. The van der Waals surface area contributed by atoms with Crippen LogP contribution in [0, 0.1) is 11.2 Å². The largest absolute Gasteiger partial charge is 0.491 e. The van der Waals surface area contributed by atoms with Crippen molar-refractivity contribution in [3.05, 3.63) is 68.9 Å². The number of halogens is 4. The summed E-state index contributed by atoms with van der Waals surface area (Å²) in [6, 6.07) is 3.94. The van der Waals surface area contributed by atoms with E-state index in [0.29, 0.717) is 43.0 Å². The normalized spacial score (nSPS) is 16.5. The van der Waals surface area contributed by atoms with Gasteiger partial charge in [0.15, 0.2) is 17.4 Å². The number of aromatic amines is 1. The summed E-state index contributed by atoms with van der Waals surface area (Å²) < 4.78 is 67.6. The summed E-state index contributed by atoms with van der Waals surface area (Å²) in [6.45, 7) is 4.82. The summed E-state index contributed by atoms with van der Waals surface area (Å²) in [5, 5.41) is 8.62. The highest BCUT2D eigenvalue weighted by Gasteiger charge is 2.50. The number of alkyl halides is 3. The maximum Gasteiger partial charge on any atom is 0.423 e. The predicted molar refractivity (Wildman–Crippen MR) is 153 cm³/mol. The van der Waals surface area contributed by atoms with Crippen molar-refractivity contribution in [2.45, 2.75) is 38.5 Å². The van der Waals surface area contributed by atoms with Crippen LogP contribution in [0.15, 0.2) is 46.4 Å². The molecule has 6 rings (SSSR count). The number of anilines is 2.